The van der Waals surface area contributed by atoms with E-state index < -0.39 is 0 Å². The number of benzene rings is 1. The van der Waals surface area contributed by atoms with Gasteiger partial charge in [-0.05, 0) is 48.8 Å². The summed E-state index contributed by atoms with van der Waals surface area (Å²) in [6.45, 7) is 0. The Morgan fingerprint density at radius 3 is 2.30 bits per heavy atom. The lowest BCUT2D eigenvalue weighted by Gasteiger charge is -2.21. The Morgan fingerprint density at radius 1 is 0.913 bits per heavy atom. The van der Waals surface area contributed by atoms with Crippen molar-refractivity contribution in [1.29, 1.82) is 0 Å². The summed E-state index contributed by atoms with van der Waals surface area (Å²) < 4.78 is 0. The molecule has 0 N–H and O–H groups in total. The molecule has 2 fully saturated rings. The first kappa shape index (κ1) is 13.2. The Balaban J connectivity index is 1.56. The minimum absolute atomic E-state index is 0.0833. The van der Waals surface area contributed by atoms with E-state index in [2.05, 4.69) is 12.2 Å². The van der Waals surface area contributed by atoms with Gasteiger partial charge in [-0.2, -0.15) is 0 Å². The Morgan fingerprint density at radius 2 is 1.61 bits per heavy atom. The lowest BCUT2D eigenvalue weighted by molar-refractivity contribution is -0.123. The standard InChI is InChI=1S/C19H17NO3/c21-15-3-1-2-10-6-7-13(9-14(10)15)20-18(22)16-11-4-5-12(8-11)17(16)19(20)23/h4-7,9,11-12,16-17H,1-3,8H2/t11-,12+,16-,17-/m0/s1. The number of hydrogen-bond acceptors (Lipinski definition) is 3. The third-order valence-electron chi connectivity index (χ3n) is 5.97. The second-order valence-electron chi connectivity index (χ2n) is 7.13. The Hall–Kier alpha value is -2.23. The van der Waals surface area contributed by atoms with Crippen LogP contribution in [0.15, 0.2) is 30.4 Å². The minimum Gasteiger partial charge on any atom is -0.294 e. The second kappa shape index (κ2) is 4.40. The molecule has 5 rings (SSSR count). The van der Waals surface area contributed by atoms with E-state index in [9.17, 15) is 14.4 Å². The lowest BCUT2D eigenvalue weighted by Crippen LogP contribution is -2.33. The molecule has 2 amide bonds. The molecule has 0 radical (unpaired) electrons. The van der Waals surface area contributed by atoms with E-state index in [0.717, 1.165) is 24.8 Å². The van der Waals surface area contributed by atoms with Crippen molar-refractivity contribution in [1.82, 2.24) is 0 Å². The average Bonchev–Trinajstić information content (AvgIpc) is 3.22. The summed E-state index contributed by atoms with van der Waals surface area (Å²) in [5.74, 6) is -0.000807. The van der Waals surface area contributed by atoms with Crippen LogP contribution in [0.25, 0.3) is 0 Å². The number of allylic oxidation sites excluding steroid dienone is 2. The number of hydrogen-bond donors (Lipinski definition) is 0. The molecule has 0 unspecified atom stereocenters. The van der Waals surface area contributed by atoms with E-state index >= 15 is 0 Å². The van der Waals surface area contributed by atoms with Crippen molar-refractivity contribution >= 4 is 23.3 Å². The van der Waals surface area contributed by atoms with E-state index in [1.54, 1.807) is 6.07 Å². The van der Waals surface area contributed by atoms with Gasteiger partial charge in [0, 0.05) is 12.0 Å². The van der Waals surface area contributed by atoms with Crippen molar-refractivity contribution in [2.75, 3.05) is 4.90 Å². The Bertz CT molecular complexity index is 764. The normalized spacial score (nSPS) is 34.3. The maximum Gasteiger partial charge on any atom is 0.238 e. The predicted molar refractivity (Wildman–Crippen MR) is 83.9 cm³/mol. The molecule has 23 heavy (non-hydrogen) atoms. The smallest absolute Gasteiger partial charge is 0.238 e. The van der Waals surface area contributed by atoms with Gasteiger partial charge in [0.25, 0.3) is 0 Å². The van der Waals surface area contributed by atoms with Crippen molar-refractivity contribution in [3.63, 3.8) is 0 Å². The van der Waals surface area contributed by atoms with Crippen LogP contribution in [0.2, 0.25) is 0 Å². The third kappa shape index (κ3) is 1.64. The predicted octanol–water partition coefficient (Wildman–Crippen LogP) is 2.52. The minimum atomic E-state index is -0.191. The molecule has 1 aromatic carbocycles. The molecule has 4 heteroatoms. The van der Waals surface area contributed by atoms with E-state index in [-0.39, 0.29) is 41.3 Å². The number of amides is 2. The molecule has 3 aliphatic carbocycles. The zero-order chi connectivity index (χ0) is 15.7. The summed E-state index contributed by atoms with van der Waals surface area (Å²) >= 11 is 0. The van der Waals surface area contributed by atoms with Gasteiger partial charge in [-0.25, -0.2) is 4.90 Å². The molecule has 1 saturated heterocycles. The molecule has 4 atom stereocenters. The topological polar surface area (TPSA) is 54.5 Å². The van der Waals surface area contributed by atoms with Gasteiger partial charge in [-0.3, -0.25) is 14.4 Å². The van der Waals surface area contributed by atoms with E-state index in [1.807, 2.05) is 12.1 Å². The zero-order valence-corrected chi connectivity index (χ0v) is 12.7. The van der Waals surface area contributed by atoms with Gasteiger partial charge in [0.05, 0.1) is 17.5 Å². The molecule has 0 spiro atoms. The van der Waals surface area contributed by atoms with E-state index in [0.29, 0.717) is 17.7 Å². The van der Waals surface area contributed by atoms with Crippen LogP contribution in [-0.2, 0) is 16.0 Å². The lowest BCUT2D eigenvalue weighted by atomic mass is 9.85. The fourth-order valence-corrected chi connectivity index (χ4v) is 4.91. The van der Waals surface area contributed by atoms with Crippen molar-refractivity contribution in [2.45, 2.75) is 25.7 Å². The summed E-state index contributed by atoms with van der Waals surface area (Å²) in [6, 6.07) is 5.48. The van der Waals surface area contributed by atoms with Crippen LogP contribution in [0.3, 0.4) is 0 Å². The van der Waals surface area contributed by atoms with Crippen molar-refractivity contribution in [3.05, 3.63) is 41.5 Å². The number of Topliss-reactive ketones (excluding diaryl/α,β-unsaturated/α-hetero) is 1. The van der Waals surface area contributed by atoms with Gasteiger partial charge >= 0.3 is 0 Å². The number of ketones is 1. The van der Waals surface area contributed by atoms with Crippen LogP contribution in [0, 0.1) is 23.7 Å². The third-order valence-corrected chi connectivity index (χ3v) is 5.97. The van der Waals surface area contributed by atoms with E-state index in [1.165, 1.54) is 4.90 Å². The first-order valence-electron chi connectivity index (χ1n) is 8.37. The number of carbonyl (C=O) groups excluding carboxylic acids is 3. The number of aryl methyl sites for hydroxylation is 1. The van der Waals surface area contributed by atoms with Gasteiger partial charge in [0.2, 0.25) is 11.8 Å². The first-order valence-corrected chi connectivity index (χ1v) is 8.37. The summed E-state index contributed by atoms with van der Waals surface area (Å²) in [6.07, 6.45) is 7.45. The van der Waals surface area contributed by atoms with Crippen LogP contribution >= 0.6 is 0 Å². The van der Waals surface area contributed by atoms with Gasteiger partial charge in [0.15, 0.2) is 5.78 Å². The molecule has 0 aromatic heterocycles. The highest BCUT2D eigenvalue weighted by Crippen LogP contribution is 2.53. The molecule has 4 aliphatic rings. The number of imide groups is 1. The highest BCUT2D eigenvalue weighted by atomic mass is 16.2. The summed E-state index contributed by atoms with van der Waals surface area (Å²) in [4.78, 5) is 39.1. The van der Waals surface area contributed by atoms with Gasteiger partial charge in [-0.15, -0.1) is 0 Å². The van der Waals surface area contributed by atoms with Gasteiger partial charge in [0.1, 0.15) is 0 Å². The largest absolute Gasteiger partial charge is 0.294 e. The summed E-state index contributed by atoms with van der Waals surface area (Å²) in [5.41, 5.74) is 2.29. The number of nitrogens with zero attached hydrogens (tertiary/aromatic N) is 1. The molecule has 1 aliphatic heterocycles. The maximum atomic E-state index is 12.8. The summed E-state index contributed by atoms with van der Waals surface area (Å²) in [5, 5.41) is 0. The fourth-order valence-electron chi connectivity index (χ4n) is 4.91. The Kier molecular flexibility index (Phi) is 2.53. The summed E-state index contributed by atoms with van der Waals surface area (Å²) in [7, 11) is 0. The molecule has 1 saturated carbocycles. The molecule has 4 nitrogen and oxygen atoms in total. The quantitative estimate of drug-likeness (QED) is 0.592. The highest BCUT2D eigenvalue weighted by molar-refractivity contribution is 6.23. The van der Waals surface area contributed by atoms with Crippen LogP contribution in [-0.4, -0.2) is 17.6 Å². The van der Waals surface area contributed by atoms with Crippen LogP contribution in [0.4, 0.5) is 5.69 Å². The van der Waals surface area contributed by atoms with Crippen molar-refractivity contribution < 1.29 is 14.4 Å². The molecular weight excluding hydrogens is 290 g/mol. The van der Waals surface area contributed by atoms with E-state index in [4.69, 9.17) is 0 Å². The fraction of sp³-hybridized carbons (Fsp3) is 0.421. The Labute approximate surface area is 134 Å². The first-order chi connectivity index (χ1) is 11.1. The monoisotopic (exact) mass is 307 g/mol. The SMILES string of the molecule is O=C1CCCc2ccc(N3C(=O)[C@@H]4[C@@H](C3=O)[C@H]3C=C[C@@H]4C3)cc21. The van der Waals surface area contributed by atoms with Gasteiger partial charge in [-0.1, -0.05) is 18.2 Å². The van der Waals surface area contributed by atoms with Gasteiger partial charge < -0.3 is 0 Å². The number of anilines is 1. The molecule has 116 valence electrons. The van der Waals surface area contributed by atoms with Crippen LogP contribution < -0.4 is 4.90 Å². The molecule has 1 aromatic rings. The zero-order valence-electron chi connectivity index (χ0n) is 12.7. The van der Waals surface area contributed by atoms with Crippen LogP contribution in [0.5, 0.6) is 0 Å². The van der Waals surface area contributed by atoms with Crippen LogP contribution in [0.1, 0.15) is 35.2 Å². The number of carbonyl (C=O) groups is 3. The second-order valence-corrected chi connectivity index (χ2v) is 7.13. The van der Waals surface area contributed by atoms with Crippen molar-refractivity contribution in [3.8, 4) is 0 Å². The number of rotatable bonds is 1. The number of fused-ring (bicyclic) bond motifs is 6. The van der Waals surface area contributed by atoms with Crippen molar-refractivity contribution in [2.24, 2.45) is 23.7 Å². The molecular formula is C19H17NO3. The maximum absolute atomic E-state index is 12.8. The average molecular weight is 307 g/mol. The highest BCUT2D eigenvalue weighted by Gasteiger charge is 2.59. The molecule has 2 bridgehead atoms. The molecule has 1 heterocycles.